The third kappa shape index (κ3) is 6.52. The molecule has 164 valence electrons. The van der Waals surface area contributed by atoms with E-state index in [-0.39, 0.29) is 30.3 Å². The quantitative estimate of drug-likeness (QED) is 0.550. The summed E-state index contributed by atoms with van der Waals surface area (Å²) in [5.74, 6) is 0.278. The summed E-state index contributed by atoms with van der Waals surface area (Å²) >= 11 is 12.2. The molecule has 0 saturated carbocycles. The Morgan fingerprint density at radius 2 is 1.77 bits per heavy atom. The van der Waals surface area contributed by atoms with Gasteiger partial charge in [0.05, 0.1) is 23.5 Å². The standard InChI is InChI=1S/C21H26Cl2N2O4S/c1-5-19(25(30(4,27)28)20-13-16(22)6-7-18(20)23)21(26)24-8-9-29-17-11-14(2)10-15(3)12-17/h6-7,10-13,19H,5,8-9H2,1-4H3,(H,24,26)/t19-/m1/s1. The highest BCUT2D eigenvalue weighted by atomic mass is 35.5. The van der Waals surface area contributed by atoms with E-state index in [2.05, 4.69) is 5.32 Å². The van der Waals surface area contributed by atoms with Gasteiger partial charge in [-0.3, -0.25) is 9.10 Å². The van der Waals surface area contributed by atoms with Crippen LogP contribution in [0.4, 0.5) is 5.69 Å². The van der Waals surface area contributed by atoms with Gasteiger partial charge in [0.15, 0.2) is 0 Å². The van der Waals surface area contributed by atoms with Crippen LogP contribution in [0.3, 0.4) is 0 Å². The van der Waals surface area contributed by atoms with Crippen molar-refractivity contribution in [3.63, 3.8) is 0 Å². The van der Waals surface area contributed by atoms with Gasteiger partial charge in [-0.1, -0.05) is 36.2 Å². The number of halogens is 2. The normalized spacial score (nSPS) is 12.3. The van der Waals surface area contributed by atoms with Crippen LogP contribution in [0.2, 0.25) is 10.0 Å². The average molecular weight is 473 g/mol. The fourth-order valence-corrected chi connectivity index (χ4v) is 4.81. The number of hydrogen-bond acceptors (Lipinski definition) is 4. The smallest absolute Gasteiger partial charge is 0.244 e. The maximum Gasteiger partial charge on any atom is 0.244 e. The molecule has 0 fully saturated rings. The number of anilines is 1. The summed E-state index contributed by atoms with van der Waals surface area (Å²) in [5, 5.41) is 3.25. The molecular weight excluding hydrogens is 447 g/mol. The molecule has 0 aliphatic rings. The van der Waals surface area contributed by atoms with Crippen LogP contribution in [-0.2, 0) is 14.8 Å². The van der Waals surface area contributed by atoms with E-state index in [0.29, 0.717) is 5.02 Å². The van der Waals surface area contributed by atoms with Gasteiger partial charge < -0.3 is 10.1 Å². The number of sulfonamides is 1. The fourth-order valence-electron chi connectivity index (χ4n) is 3.17. The van der Waals surface area contributed by atoms with Crippen LogP contribution in [0.5, 0.6) is 5.75 Å². The number of ether oxygens (including phenoxy) is 1. The molecule has 0 radical (unpaired) electrons. The molecule has 1 N–H and O–H groups in total. The Morgan fingerprint density at radius 1 is 1.13 bits per heavy atom. The van der Waals surface area contributed by atoms with E-state index >= 15 is 0 Å². The molecule has 0 unspecified atom stereocenters. The van der Waals surface area contributed by atoms with E-state index in [1.807, 2.05) is 32.0 Å². The predicted molar refractivity (Wildman–Crippen MR) is 122 cm³/mol. The van der Waals surface area contributed by atoms with Crippen LogP contribution in [0, 0.1) is 13.8 Å². The van der Waals surface area contributed by atoms with Gasteiger partial charge in [0.1, 0.15) is 18.4 Å². The first kappa shape index (κ1) is 24.3. The first-order valence-electron chi connectivity index (χ1n) is 9.46. The van der Waals surface area contributed by atoms with Gasteiger partial charge in [0.2, 0.25) is 15.9 Å². The molecule has 9 heteroatoms. The van der Waals surface area contributed by atoms with Gasteiger partial charge in [-0.15, -0.1) is 0 Å². The third-order valence-corrected chi connectivity index (χ3v) is 6.06. The lowest BCUT2D eigenvalue weighted by molar-refractivity contribution is -0.122. The van der Waals surface area contributed by atoms with E-state index in [9.17, 15) is 13.2 Å². The summed E-state index contributed by atoms with van der Waals surface area (Å²) in [6.45, 7) is 6.17. The zero-order valence-corrected chi connectivity index (χ0v) is 19.7. The molecule has 0 saturated heterocycles. The molecule has 2 aromatic rings. The number of nitrogens with one attached hydrogen (secondary N) is 1. The second-order valence-corrected chi connectivity index (χ2v) is 9.74. The average Bonchev–Trinajstić information content (AvgIpc) is 2.63. The number of carbonyl (C=O) groups excluding carboxylic acids is 1. The molecule has 0 aromatic heterocycles. The molecule has 0 aliphatic heterocycles. The molecule has 2 rings (SSSR count). The van der Waals surface area contributed by atoms with Crippen LogP contribution in [0.25, 0.3) is 0 Å². The van der Waals surface area contributed by atoms with Crippen LogP contribution < -0.4 is 14.4 Å². The van der Waals surface area contributed by atoms with E-state index in [4.69, 9.17) is 27.9 Å². The van der Waals surface area contributed by atoms with Crippen LogP contribution in [0.1, 0.15) is 24.5 Å². The van der Waals surface area contributed by atoms with Gasteiger partial charge in [0, 0.05) is 5.02 Å². The molecule has 2 aromatic carbocycles. The molecule has 0 bridgehead atoms. The molecule has 0 spiro atoms. The van der Waals surface area contributed by atoms with Crippen LogP contribution in [0.15, 0.2) is 36.4 Å². The summed E-state index contributed by atoms with van der Waals surface area (Å²) < 4.78 is 31.7. The first-order valence-corrected chi connectivity index (χ1v) is 12.1. The van der Waals surface area contributed by atoms with Gasteiger partial charge in [-0.25, -0.2) is 8.42 Å². The van der Waals surface area contributed by atoms with Crippen LogP contribution >= 0.6 is 23.2 Å². The minimum absolute atomic E-state index is 0.167. The van der Waals surface area contributed by atoms with Crippen molar-refractivity contribution in [1.82, 2.24) is 5.32 Å². The lowest BCUT2D eigenvalue weighted by Crippen LogP contribution is -2.50. The van der Waals surface area contributed by atoms with E-state index in [1.165, 1.54) is 12.1 Å². The molecule has 30 heavy (non-hydrogen) atoms. The molecule has 0 aliphatic carbocycles. The predicted octanol–water partition coefficient (Wildman–Crippen LogP) is 4.35. The van der Waals surface area contributed by atoms with Crippen molar-refractivity contribution in [3.05, 3.63) is 57.6 Å². The van der Waals surface area contributed by atoms with Crippen molar-refractivity contribution in [1.29, 1.82) is 0 Å². The lowest BCUT2D eigenvalue weighted by Gasteiger charge is -2.30. The minimum atomic E-state index is -3.80. The highest BCUT2D eigenvalue weighted by molar-refractivity contribution is 7.92. The monoisotopic (exact) mass is 472 g/mol. The van der Waals surface area contributed by atoms with Crippen molar-refractivity contribution >= 4 is 44.8 Å². The Bertz CT molecular complexity index is 992. The molecule has 1 amide bonds. The van der Waals surface area contributed by atoms with Crippen molar-refractivity contribution in [3.8, 4) is 5.75 Å². The van der Waals surface area contributed by atoms with E-state index in [1.54, 1.807) is 13.0 Å². The molecule has 0 heterocycles. The Kier molecular flexibility index (Phi) is 8.41. The number of hydrogen-bond donors (Lipinski definition) is 1. The molecule has 6 nitrogen and oxygen atoms in total. The summed E-state index contributed by atoms with van der Waals surface area (Å²) in [6.07, 6.45) is 1.28. The van der Waals surface area contributed by atoms with Gasteiger partial charge in [0.25, 0.3) is 0 Å². The highest BCUT2D eigenvalue weighted by Crippen LogP contribution is 2.32. The van der Waals surface area contributed by atoms with E-state index in [0.717, 1.165) is 27.4 Å². The second-order valence-electron chi connectivity index (χ2n) is 7.04. The Balaban J connectivity index is 2.11. The third-order valence-electron chi connectivity index (χ3n) is 4.34. The maximum atomic E-state index is 12.8. The number of aryl methyl sites for hydroxylation is 2. The Morgan fingerprint density at radius 3 is 2.33 bits per heavy atom. The summed E-state index contributed by atoms with van der Waals surface area (Å²) in [4.78, 5) is 12.8. The number of nitrogens with zero attached hydrogens (tertiary/aromatic N) is 1. The van der Waals surface area contributed by atoms with Gasteiger partial charge in [-0.05, 0) is 61.7 Å². The molecular formula is C21H26Cl2N2O4S. The topological polar surface area (TPSA) is 75.7 Å². The SMILES string of the molecule is CC[C@H](C(=O)NCCOc1cc(C)cc(C)c1)N(c1cc(Cl)ccc1Cl)S(C)(=O)=O. The molecule has 1 atom stereocenters. The van der Waals surface area contributed by atoms with Crippen molar-refractivity contribution in [2.45, 2.75) is 33.2 Å². The Hall–Kier alpha value is -1.96. The van der Waals surface area contributed by atoms with Crippen LogP contribution in [-0.4, -0.2) is 39.8 Å². The fraction of sp³-hybridized carbons (Fsp3) is 0.381. The van der Waals surface area contributed by atoms with Crippen molar-refractivity contribution in [2.24, 2.45) is 0 Å². The van der Waals surface area contributed by atoms with Crippen molar-refractivity contribution < 1.29 is 17.9 Å². The van der Waals surface area contributed by atoms with Gasteiger partial charge in [-0.2, -0.15) is 0 Å². The number of carbonyl (C=O) groups is 1. The van der Waals surface area contributed by atoms with Crippen molar-refractivity contribution in [2.75, 3.05) is 23.7 Å². The minimum Gasteiger partial charge on any atom is -0.492 e. The summed E-state index contributed by atoms with van der Waals surface area (Å²) in [5.41, 5.74) is 2.34. The van der Waals surface area contributed by atoms with E-state index < -0.39 is 22.0 Å². The number of rotatable bonds is 9. The Labute approximate surface area is 188 Å². The van der Waals surface area contributed by atoms with Gasteiger partial charge >= 0.3 is 0 Å². The summed E-state index contributed by atoms with van der Waals surface area (Å²) in [6, 6.07) is 9.38. The first-order chi connectivity index (χ1) is 14.0. The number of amides is 1. The number of benzene rings is 2. The lowest BCUT2D eigenvalue weighted by atomic mass is 10.1. The highest BCUT2D eigenvalue weighted by Gasteiger charge is 2.32. The zero-order valence-electron chi connectivity index (χ0n) is 17.4. The second kappa shape index (κ2) is 10.4. The maximum absolute atomic E-state index is 12.8. The summed E-state index contributed by atoms with van der Waals surface area (Å²) in [7, 11) is -3.80. The largest absolute Gasteiger partial charge is 0.492 e. The zero-order chi connectivity index (χ0) is 22.5.